The van der Waals surface area contributed by atoms with Crippen LogP contribution >= 0.6 is 0 Å². The Morgan fingerprint density at radius 1 is 1.42 bits per heavy atom. The van der Waals surface area contributed by atoms with Crippen LogP contribution in [0.15, 0.2) is 24.5 Å². The molecule has 3 rings (SSSR count). The molecule has 126 valence electrons. The number of aromatic nitrogens is 2. The summed E-state index contributed by atoms with van der Waals surface area (Å²) in [5, 5.41) is 0. The van der Waals surface area contributed by atoms with Crippen LogP contribution in [0, 0.1) is 5.82 Å². The van der Waals surface area contributed by atoms with Crippen molar-refractivity contribution in [2.45, 2.75) is 13.5 Å². The van der Waals surface area contributed by atoms with E-state index < -0.39 is 24.4 Å². The van der Waals surface area contributed by atoms with Gasteiger partial charge in [-0.15, -0.1) is 0 Å². The first-order valence-corrected chi connectivity index (χ1v) is 7.45. The molecule has 1 aliphatic heterocycles. The maximum absolute atomic E-state index is 13.6. The van der Waals surface area contributed by atoms with Gasteiger partial charge in [0.25, 0.3) is 5.91 Å². The van der Waals surface area contributed by atoms with E-state index in [1.165, 1.54) is 27.9 Å². The summed E-state index contributed by atoms with van der Waals surface area (Å²) >= 11 is 0. The summed E-state index contributed by atoms with van der Waals surface area (Å²) in [4.78, 5) is 29.9. The monoisotopic (exact) mass is 334 g/mol. The van der Waals surface area contributed by atoms with Gasteiger partial charge >= 0.3 is 5.97 Å². The standard InChI is InChI=1S/C16H15F2N3O3/c1-2-24-16(23)14-13-8-20(6-5-17)15(22)11-7-10(18)3-4-12(11)21(13)9-19-14/h3-4,7,9H,2,5-6,8H2,1H3/i17-1. The van der Waals surface area contributed by atoms with Crippen LogP contribution < -0.4 is 0 Å². The summed E-state index contributed by atoms with van der Waals surface area (Å²) in [5.41, 5.74) is 0.946. The van der Waals surface area contributed by atoms with Crippen LogP contribution in [0.5, 0.6) is 0 Å². The number of carbonyl (C=O) groups is 2. The van der Waals surface area contributed by atoms with Crippen molar-refractivity contribution >= 4 is 11.9 Å². The molecule has 1 amide bonds. The van der Waals surface area contributed by atoms with Crippen LogP contribution in [0.4, 0.5) is 8.78 Å². The SMILES string of the molecule is CCOC(=O)c1ncn2c1CN(CC[18F])C(=O)c1cc(F)ccc1-2. The molecule has 0 saturated heterocycles. The number of benzene rings is 1. The Balaban J connectivity index is 2.18. The van der Waals surface area contributed by atoms with Crippen molar-refractivity contribution in [3.8, 4) is 5.69 Å². The second-order valence-electron chi connectivity index (χ2n) is 5.21. The van der Waals surface area contributed by atoms with Crippen molar-refractivity contribution in [3.63, 3.8) is 0 Å². The number of carbonyl (C=O) groups excluding carboxylic acids is 2. The molecule has 24 heavy (non-hydrogen) atoms. The number of hydrogen-bond donors (Lipinski definition) is 0. The van der Waals surface area contributed by atoms with Gasteiger partial charge in [-0.1, -0.05) is 0 Å². The molecular formula is C16H15F2N3O3. The van der Waals surface area contributed by atoms with E-state index in [0.717, 1.165) is 6.07 Å². The van der Waals surface area contributed by atoms with Gasteiger partial charge in [-0.2, -0.15) is 0 Å². The summed E-state index contributed by atoms with van der Waals surface area (Å²) in [6, 6.07) is 3.74. The van der Waals surface area contributed by atoms with E-state index in [4.69, 9.17) is 4.74 Å². The van der Waals surface area contributed by atoms with E-state index in [2.05, 4.69) is 4.98 Å². The lowest BCUT2D eigenvalue weighted by Gasteiger charge is -2.19. The molecule has 0 N–H and O–H groups in total. The van der Waals surface area contributed by atoms with E-state index in [1.807, 2.05) is 0 Å². The first kappa shape index (κ1) is 16.1. The highest BCUT2D eigenvalue weighted by Crippen LogP contribution is 2.27. The zero-order valence-electron chi connectivity index (χ0n) is 13.0. The summed E-state index contributed by atoms with van der Waals surface area (Å²) in [7, 11) is 0. The Kier molecular flexibility index (Phi) is 4.28. The van der Waals surface area contributed by atoms with E-state index in [0.29, 0.717) is 11.4 Å². The Bertz CT molecular complexity index is 804. The lowest BCUT2D eigenvalue weighted by Crippen LogP contribution is -2.32. The molecule has 6 nitrogen and oxygen atoms in total. The summed E-state index contributed by atoms with van der Waals surface area (Å²) in [6.07, 6.45) is 1.38. The van der Waals surface area contributed by atoms with Crippen molar-refractivity contribution in [2.75, 3.05) is 19.8 Å². The maximum Gasteiger partial charge on any atom is 0.358 e. The smallest absolute Gasteiger partial charge is 0.358 e. The third kappa shape index (κ3) is 2.64. The molecule has 0 spiro atoms. The van der Waals surface area contributed by atoms with Gasteiger partial charge in [0, 0.05) is 6.54 Å². The summed E-state index contributed by atoms with van der Waals surface area (Å²) in [5.74, 6) is -1.69. The van der Waals surface area contributed by atoms with Crippen LogP contribution in [0.25, 0.3) is 5.69 Å². The average molecular weight is 334 g/mol. The summed E-state index contributed by atoms with van der Waals surface area (Å²) < 4.78 is 32.9. The summed E-state index contributed by atoms with van der Waals surface area (Å²) in [6.45, 7) is 0.915. The highest BCUT2D eigenvalue weighted by Gasteiger charge is 2.30. The van der Waals surface area contributed by atoms with Crippen LogP contribution in [-0.4, -0.2) is 46.2 Å². The molecule has 8 heteroatoms. The number of alkyl halides is 1. The Hall–Kier alpha value is -2.77. The molecule has 0 fully saturated rings. The minimum atomic E-state index is -0.751. The lowest BCUT2D eigenvalue weighted by molar-refractivity contribution is 0.0514. The first-order valence-electron chi connectivity index (χ1n) is 7.45. The minimum absolute atomic E-state index is 0.0206. The Morgan fingerprint density at radius 2 is 2.21 bits per heavy atom. The first-order chi connectivity index (χ1) is 11.6. The fourth-order valence-electron chi connectivity index (χ4n) is 2.70. The van der Waals surface area contributed by atoms with Gasteiger partial charge < -0.3 is 9.64 Å². The molecule has 1 aliphatic rings. The number of esters is 1. The van der Waals surface area contributed by atoms with E-state index in [1.54, 1.807) is 6.92 Å². The molecule has 2 heterocycles. The number of hydrogen-bond acceptors (Lipinski definition) is 4. The molecule has 0 bridgehead atoms. The van der Waals surface area contributed by atoms with Crippen molar-refractivity contribution in [1.82, 2.24) is 14.5 Å². The average Bonchev–Trinajstić information content (AvgIpc) is 2.93. The van der Waals surface area contributed by atoms with Crippen LogP contribution in [0.1, 0.15) is 33.5 Å². The van der Waals surface area contributed by atoms with E-state index >= 15 is 0 Å². The lowest BCUT2D eigenvalue weighted by atomic mass is 10.1. The maximum atomic E-state index is 13.6. The fraction of sp³-hybridized carbons (Fsp3) is 0.312. The number of halogens is 2. The minimum Gasteiger partial charge on any atom is -0.461 e. The second kappa shape index (κ2) is 6.38. The number of fused-ring (bicyclic) bond motifs is 3. The topological polar surface area (TPSA) is 64.4 Å². The highest BCUT2D eigenvalue weighted by atomic mass is 19.1. The predicted octanol–water partition coefficient (Wildman–Crippen LogP) is 2.11. The number of nitrogens with zero attached hydrogens (tertiary/aromatic N) is 3. The molecule has 0 unspecified atom stereocenters. The van der Waals surface area contributed by atoms with Gasteiger partial charge in [-0.05, 0) is 25.1 Å². The Labute approximate surface area is 136 Å². The van der Waals surface area contributed by atoms with E-state index in [-0.39, 0.29) is 31.0 Å². The van der Waals surface area contributed by atoms with Crippen molar-refractivity contribution in [3.05, 3.63) is 47.3 Å². The van der Waals surface area contributed by atoms with Gasteiger partial charge in [0.05, 0.1) is 30.1 Å². The van der Waals surface area contributed by atoms with Crippen LogP contribution in [0.2, 0.25) is 0 Å². The van der Waals surface area contributed by atoms with E-state index in [9.17, 15) is 18.4 Å². The quantitative estimate of drug-likeness (QED) is 0.804. The van der Waals surface area contributed by atoms with Gasteiger partial charge in [0.15, 0.2) is 5.69 Å². The molecule has 0 saturated carbocycles. The number of rotatable bonds is 4. The molecule has 2 aromatic rings. The molecule has 0 atom stereocenters. The molecule has 1 aromatic heterocycles. The molecular weight excluding hydrogens is 319 g/mol. The normalized spacial score (nSPS) is 13.3. The molecule has 0 aliphatic carbocycles. The van der Waals surface area contributed by atoms with Gasteiger partial charge in [-0.3, -0.25) is 9.36 Å². The van der Waals surface area contributed by atoms with Gasteiger partial charge in [0.1, 0.15) is 18.8 Å². The van der Waals surface area contributed by atoms with Gasteiger partial charge in [-0.25, -0.2) is 18.6 Å². The predicted molar refractivity (Wildman–Crippen MR) is 80.2 cm³/mol. The Morgan fingerprint density at radius 3 is 2.92 bits per heavy atom. The largest absolute Gasteiger partial charge is 0.461 e. The third-order valence-corrected chi connectivity index (χ3v) is 3.77. The van der Waals surface area contributed by atoms with Crippen molar-refractivity contribution in [2.24, 2.45) is 0 Å². The number of ether oxygens (including phenoxy) is 1. The van der Waals surface area contributed by atoms with Gasteiger partial charge in [0.2, 0.25) is 0 Å². The highest BCUT2D eigenvalue weighted by molar-refractivity contribution is 5.99. The second-order valence-corrected chi connectivity index (χ2v) is 5.21. The van der Waals surface area contributed by atoms with Crippen molar-refractivity contribution < 1.29 is 23.1 Å². The zero-order valence-corrected chi connectivity index (χ0v) is 13.0. The fourth-order valence-corrected chi connectivity index (χ4v) is 2.70. The number of imidazole rings is 1. The molecule has 1 aromatic carbocycles. The zero-order chi connectivity index (χ0) is 17.3. The molecule has 0 radical (unpaired) electrons. The number of amides is 1. The van der Waals surface area contributed by atoms with Crippen molar-refractivity contribution in [1.29, 1.82) is 0 Å². The van der Waals surface area contributed by atoms with Crippen LogP contribution in [0.3, 0.4) is 0 Å². The third-order valence-electron chi connectivity index (χ3n) is 3.77. The van der Waals surface area contributed by atoms with Crippen LogP contribution in [-0.2, 0) is 11.3 Å².